The van der Waals surface area contributed by atoms with E-state index >= 15 is 0 Å². The summed E-state index contributed by atoms with van der Waals surface area (Å²) >= 11 is 12.3. The van der Waals surface area contributed by atoms with Gasteiger partial charge in [-0.25, -0.2) is 8.42 Å². The van der Waals surface area contributed by atoms with Gasteiger partial charge >= 0.3 is 7.12 Å². The standard InChI is InChI=1S/C31H39BCl2N2O5S/c1-30(2)21-16-26(30)31(3)27(17-21)40-32(41-31)28(15-20-10-7-11-20)35-29(37)24(14-19-8-5-4-6-9-19)36-42(38,39)25-18-22(33)12-13-23(25)34/h4-6,8-9,12-13,18,20-21,24,26-28,36H,7,10-11,14-17H2,1-3H3,(H,35,37)/t21-,24-,26-,27+,28-,31-/m0/s1. The van der Waals surface area contributed by atoms with Crippen LogP contribution in [0.5, 0.6) is 0 Å². The van der Waals surface area contributed by atoms with Crippen LogP contribution in [-0.2, 0) is 30.5 Å². The Kier molecular flexibility index (Phi) is 8.25. The van der Waals surface area contributed by atoms with Crippen molar-refractivity contribution >= 4 is 46.3 Å². The molecule has 0 unspecified atom stereocenters. The number of sulfonamides is 1. The molecule has 4 saturated carbocycles. The van der Waals surface area contributed by atoms with Crippen molar-refractivity contribution in [3.8, 4) is 0 Å². The van der Waals surface area contributed by atoms with Crippen molar-refractivity contribution < 1.29 is 22.5 Å². The fraction of sp³-hybridized carbons (Fsp3) is 0.581. The number of hydrogen-bond donors (Lipinski definition) is 2. The van der Waals surface area contributed by atoms with Gasteiger partial charge in [-0.05, 0) is 79.5 Å². The number of carbonyl (C=O) groups is 1. The van der Waals surface area contributed by atoms with Gasteiger partial charge in [-0.15, -0.1) is 0 Å². The second-order valence-electron chi connectivity index (χ2n) is 13.4. The van der Waals surface area contributed by atoms with E-state index in [1.54, 1.807) is 0 Å². The molecular formula is C31H39BCl2N2O5S. The predicted molar refractivity (Wildman–Crippen MR) is 165 cm³/mol. The molecule has 2 bridgehead atoms. The van der Waals surface area contributed by atoms with Crippen LogP contribution in [0.3, 0.4) is 0 Å². The summed E-state index contributed by atoms with van der Waals surface area (Å²) in [6.07, 6.45) is 6.35. The Morgan fingerprint density at radius 2 is 1.83 bits per heavy atom. The van der Waals surface area contributed by atoms with Gasteiger partial charge in [0.05, 0.1) is 22.7 Å². The van der Waals surface area contributed by atoms with Crippen LogP contribution in [0.1, 0.15) is 64.9 Å². The Bertz CT molecular complexity index is 1440. The van der Waals surface area contributed by atoms with Gasteiger partial charge < -0.3 is 14.6 Å². The largest absolute Gasteiger partial charge is 0.481 e. The average Bonchev–Trinajstić information content (AvgIpc) is 3.28. The maximum Gasteiger partial charge on any atom is 0.481 e. The van der Waals surface area contributed by atoms with Crippen molar-refractivity contribution in [3.05, 3.63) is 64.1 Å². The maximum absolute atomic E-state index is 14.0. The van der Waals surface area contributed by atoms with Crippen LogP contribution in [-0.4, -0.2) is 45.1 Å². The van der Waals surface area contributed by atoms with Crippen molar-refractivity contribution in [3.63, 3.8) is 0 Å². The lowest BCUT2D eigenvalue weighted by atomic mass is 9.43. The SMILES string of the molecule is CC1(C)[C@@H]2C[C@H]3OB([C@H](CC4CCC4)NC(=O)[C@H](Cc4ccccc4)NS(=O)(=O)c4cc(Cl)ccc4Cl)O[C@@]3(C)[C@H]1C2. The number of rotatable bonds is 10. The van der Waals surface area contributed by atoms with Gasteiger partial charge in [0.2, 0.25) is 15.9 Å². The molecule has 6 atom stereocenters. The van der Waals surface area contributed by atoms with Crippen LogP contribution < -0.4 is 10.0 Å². The van der Waals surface area contributed by atoms with Crippen LogP contribution in [0.4, 0.5) is 0 Å². The number of carbonyl (C=O) groups excluding carboxylic acids is 1. The summed E-state index contributed by atoms with van der Waals surface area (Å²) in [5.41, 5.74) is 0.624. The molecule has 2 aromatic rings. The minimum atomic E-state index is -4.18. The summed E-state index contributed by atoms with van der Waals surface area (Å²) in [4.78, 5) is 13.9. The lowest BCUT2D eigenvalue weighted by molar-refractivity contribution is -0.199. The quantitative estimate of drug-likeness (QED) is 0.322. The van der Waals surface area contributed by atoms with Gasteiger partial charge in [0.1, 0.15) is 10.9 Å². The molecule has 0 spiro atoms. The Labute approximate surface area is 259 Å². The molecule has 4 aliphatic carbocycles. The third-order valence-corrected chi connectivity index (χ3v) is 12.7. The highest BCUT2D eigenvalue weighted by Crippen LogP contribution is 2.65. The number of nitrogens with one attached hydrogen (secondary N) is 2. The molecule has 5 fully saturated rings. The molecule has 2 N–H and O–H groups in total. The average molecular weight is 633 g/mol. The monoisotopic (exact) mass is 632 g/mol. The molecule has 7 nitrogen and oxygen atoms in total. The first-order chi connectivity index (χ1) is 19.9. The van der Waals surface area contributed by atoms with Gasteiger partial charge in [0.25, 0.3) is 0 Å². The van der Waals surface area contributed by atoms with E-state index in [2.05, 4.69) is 30.8 Å². The summed E-state index contributed by atoms with van der Waals surface area (Å²) in [5, 5.41) is 3.44. The van der Waals surface area contributed by atoms with E-state index in [0.29, 0.717) is 17.8 Å². The fourth-order valence-electron chi connectivity index (χ4n) is 7.65. The molecule has 226 valence electrons. The van der Waals surface area contributed by atoms with E-state index < -0.39 is 40.6 Å². The lowest BCUT2D eigenvalue weighted by Gasteiger charge is -2.64. The summed E-state index contributed by atoms with van der Waals surface area (Å²) < 4.78 is 43.0. The van der Waals surface area contributed by atoms with E-state index in [-0.39, 0.29) is 32.9 Å². The highest BCUT2D eigenvalue weighted by Gasteiger charge is 2.68. The van der Waals surface area contributed by atoms with Gasteiger partial charge in [-0.2, -0.15) is 4.72 Å². The molecule has 5 aliphatic rings. The van der Waals surface area contributed by atoms with E-state index in [1.807, 2.05) is 30.3 Å². The molecule has 1 amide bonds. The summed E-state index contributed by atoms with van der Waals surface area (Å²) in [6, 6.07) is 12.5. The summed E-state index contributed by atoms with van der Waals surface area (Å²) in [7, 11) is -4.77. The zero-order valence-corrected chi connectivity index (χ0v) is 26.6. The van der Waals surface area contributed by atoms with Gasteiger partial charge in [0, 0.05) is 5.02 Å². The Balaban J connectivity index is 1.25. The number of halogens is 2. The smallest absolute Gasteiger partial charge is 0.404 e. The molecule has 0 radical (unpaired) electrons. The first kappa shape index (κ1) is 30.4. The van der Waals surface area contributed by atoms with Crippen LogP contribution in [0.15, 0.2) is 53.4 Å². The molecule has 42 heavy (non-hydrogen) atoms. The first-order valence-electron chi connectivity index (χ1n) is 15.0. The maximum atomic E-state index is 14.0. The molecule has 1 heterocycles. The van der Waals surface area contributed by atoms with E-state index in [0.717, 1.165) is 37.7 Å². The number of amides is 1. The van der Waals surface area contributed by atoms with Crippen molar-refractivity contribution in [2.24, 2.45) is 23.2 Å². The third-order valence-electron chi connectivity index (χ3n) is 10.5. The summed E-state index contributed by atoms with van der Waals surface area (Å²) in [5.74, 6) is 0.659. The highest BCUT2D eigenvalue weighted by atomic mass is 35.5. The molecule has 1 saturated heterocycles. The molecular weight excluding hydrogens is 594 g/mol. The minimum absolute atomic E-state index is 0.0105. The van der Waals surface area contributed by atoms with Crippen LogP contribution >= 0.6 is 23.2 Å². The second-order valence-corrected chi connectivity index (χ2v) is 15.9. The van der Waals surface area contributed by atoms with Crippen LogP contribution in [0.2, 0.25) is 10.0 Å². The van der Waals surface area contributed by atoms with Gasteiger partial charge in [-0.1, -0.05) is 86.6 Å². The Morgan fingerprint density at radius 3 is 2.50 bits per heavy atom. The Morgan fingerprint density at radius 1 is 1.10 bits per heavy atom. The van der Waals surface area contributed by atoms with Crippen molar-refractivity contribution in [2.45, 2.75) is 94.3 Å². The third kappa shape index (κ3) is 5.66. The van der Waals surface area contributed by atoms with Gasteiger partial charge in [-0.3, -0.25) is 4.79 Å². The van der Waals surface area contributed by atoms with Crippen molar-refractivity contribution in [1.29, 1.82) is 0 Å². The van der Waals surface area contributed by atoms with Crippen LogP contribution in [0.25, 0.3) is 0 Å². The predicted octanol–water partition coefficient (Wildman–Crippen LogP) is 5.83. The molecule has 7 rings (SSSR count). The minimum Gasteiger partial charge on any atom is -0.404 e. The fourth-order valence-corrected chi connectivity index (χ4v) is 9.61. The van der Waals surface area contributed by atoms with Crippen molar-refractivity contribution in [1.82, 2.24) is 10.0 Å². The number of benzene rings is 2. The molecule has 0 aromatic heterocycles. The first-order valence-corrected chi connectivity index (χ1v) is 17.3. The lowest BCUT2D eigenvalue weighted by Crippen LogP contribution is -2.65. The van der Waals surface area contributed by atoms with Crippen LogP contribution in [0, 0.1) is 23.2 Å². The topological polar surface area (TPSA) is 93.7 Å². The molecule has 2 aromatic carbocycles. The Hall–Kier alpha value is -1.62. The molecule has 11 heteroatoms. The second kappa shape index (κ2) is 11.4. The van der Waals surface area contributed by atoms with Gasteiger partial charge in [0.15, 0.2) is 0 Å². The van der Waals surface area contributed by atoms with Crippen molar-refractivity contribution in [2.75, 3.05) is 0 Å². The highest BCUT2D eigenvalue weighted by molar-refractivity contribution is 7.89. The van der Waals surface area contributed by atoms with E-state index in [1.165, 1.54) is 24.6 Å². The summed E-state index contributed by atoms with van der Waals surface area (Å²) in [6.45, 7) is 6.82. The van der Waals surface area contributed by atoms with E-state index in [9.17, 15) is 13.2 Å². The zero-order chi connectivity index (χ0) is 29.9. The molecule has 1 aliphatic heterocycles. The normalized spacial score (nSPS) is 29.6. The zero-order valence-electron chi connectivity index (χ0n) is 24.3. The number of hydrogen-bond acceptors (Lipinski definition) is 5. The van der Waals surface area contributed by atoms with E-state index in [4.69, 9.17) is 32.5 Å².